The summed E-state index contributed by atoms with van der Waals surface area (Å²) in [6.45, 7) is 2.14. The molecule has 3 rings (SSSR count). The second-order valence-electron chi connectivity index (χ2n) is 6.93. The molecule has 1 amide bonds. The maximum Gasteiger partial charge on any atom is 0.292 e. The van der Waals surface area contributed by atoms with Crippen molar-refractivity contribution in [2.45, 2.75) is 33.0 Å². The molecule has 0 aliphatic heterocycles. The van der Waals surface area contributed by atoms with Crippen LogP contribution < -0.4 is 16.6 Å². The summed E-state index contributed by atoms with van der Waals surface area (Å²) < 4.78 is 1.17. The predicted octanol–water partition coefficient (Wildman–Crippen LogP) is 1.80. The van der Waals surface area contributed by atoms with Gasteiger partial charge in [0.25, 0.3) is 17.2 Å². The molecule has 0 unspecified atom stereocenters. The normalized spacial score (nSPS) is 10.7. The van der Waals surface area contributed by atoms with Crippen molar-refractivity contribution in [1.82, 2.24) is 20.1 Å². The first kappa shape index (κ1) is 22.3. The molecule has 2 heterocycles. The van der Waals surface area contributed by atoms with Crippen LogP contribution >= 0.6 is 11.6 Å². The molecule has 0 radical (unpaired) electrons. The topological polar surface area (TPSA) is 120 Å². The molecule has 31 heavy (non-hydrogen) atoms. The maximum absolute atomic E-state index is 12.8. The molecule has 8 nitrogen and oxygen atoms in total. The van der Waals surface area contributed by atoms with Crippen LogP contribution in [-0.2, 0) is 30.8 Å². The molecule has 3 aromatic rings. The second kappa shape index (κ2) is 10.1. The number of pyridine rings is 1. The van der Waals surface area contributed by atoms with Gasteiger partial charge in [0, 0.05) is 36.4 Å². The Morgan fingerprint density at radius 1 is 1.19 bits per heavy atom. The van der Waals surface area contributed by atoms with Crippen molar-refractivity contribution < 1.29 is 9.59 Å². The van der Waals surface area contributed by atoms with Crippen molar-refractivity contribution in [1.29, 1.82) is 0 Å². The molecule has 160 valence electrons. The van der Waals surface area contributed by atoms with Gasteiger partial charge in [-0.1, -0.05) is 23.7 Å². The van der Waals surface area contributed by atoms with E-state index in [4.69, 9.17) is 17.3 Å². The molecular weight excluding hydrogens is 418 g/mol. The third-order valence-electron chi connectivity index (χ3n) is 4.80. The van der Waals surface area contributed by atoms with Crippen LogP contribution in [0.5, 0.6) is 0 Å². The van der Waals surface area contributed by atoms with Gasteiger partial charge in [-0.3, -0.25) is 19.4 Å². The lowest BCUT2D eigenvalue weighted by Gasteiger charge is -2.11. The number of aromatic nitrogens is 3. The van der Waals surface area contributed by atoms with E-state index in [1.807, 2.05) is 12.1 Å². The van der Waals surface area contributed by atoms with E-state index in [2.05, 4.69) is 15.4 Å². The zero-order chi connectivity index (χ0) is 22.4. The molecule has 0 aliphatic carbocycles. The molecule has 0 bridgehead atoms. The number of nitrogens with zero attached hydrogens (tertiary/aromatic N) is 3. The van der Waals surface area contributed by atoms with E-state index in [-0.39, 0.29) is 25.2 Å². The molecule has 0 atom stereocenters. The Morgan fingerprint density at radius 3 is 2.71 bits per heavy atom. The highest BCUT2D eigenvalue weighted by Gasteiger charge is 2.23. The number of amides is 1. The molecule has 9 heteroatoms. The SMILES string of the molecule is Cc1cnn(CCc2ccccn2)c(=O)c1C(=O)C(=O)NCc1cc(Cl)ccc1CN. The van der Waals surface area contributed by atoms with Gasteiger partial charge in [-0.25, -0.2) is 4.68 Å². The molecule has 0 spiro atoms. The van der Waals surface area contributed by atoms with Gasteiger partial charge in [0.2, 0.25) is 0 Å². The van der Waals surface area contributed by atoms with Gasteiger partial charge in [-0.05, 0) is 47.9 Å². The molecule has 0 fully saturated rings. The van der Waals surface area contributed by atoms with Crippen molar-refractivity contribution in [2.75, 3.05) is 0 Å². The van der Waals surface area contributed by atoms with Crippen LogP contribution in [0.1, 0.15) is 32.7 Å². The van der Waals surface area contributed by atoms with Crippen molar-refractivity contribution >= 4 is 23.3 Å². The van der Waals surface area contributed by atoms with Crippen molar-refractivity contribution in [3.8, 4) is 0 Å². The number of carbonyl (C=O) groups is 2. The van der Waals surface area contributed by atoms with Crippen molar-refractivity contribution in [3.63, 3.8) is 0 Å². The first-order valence-electron chi connectivity index (χ1n) is 9.67. The second-order valence-corrected chi connectivity index (χ2v) is 7.37. The van der Waals surface area contributed by atoms with Gasteiger partial charge in [0.15, 0.2) is 0 Å². The zero-order valence-electron chi connectivity index (χ0n) is 17.0. The summed E-state index contributed by atoms with van der Waals surface area (Å²) in [4.78, 5) is 42.3. The van der Waals surface area contributed by atoms with Crippen LogP contribution in [-0.4, -0.2) is 26.5 Å². The lowest BCUT2D eigenvalue weighted by molar-refractivity contribution is -0.117. The van der Waals surface area contributed by atoms with Crippen molar-refractivity contribution in [3.05, 3.63) is 92.1 Å². The van der Waals surface area contributed by atoms with E-state index >= 15 is 0 Å². The fraction of sp³-hybridized carbons (Fsp3) is 0.227. The van der Waals surface area contributed by atoms with Crippen LogP contribution in [0.2, 0.25) is 5.02 Å². The molecule has 0 saturated heterocycles. The largest absolute Gasteiger partial charge is 0.345 e. The quantitative estimate of drug-likeness (QED) is 0.408. The van der Waals surface area contributed by atoms with Crippen molar-refractivity contribution in [2.24, 2.45) is 5.73 Å². The van der Waals surface area contributed by atoms with Crippen LogP contribution in [0.25, 0.3) is 0 Å². The summed E-state index contributed by atoms with van der Waals surface area (Å²) >= 11 is 6.00. The summed E-state index contributed by atoms with van der Waals surface area (Å²) in [6.07, 6.45) is 3.53. The van der Waals surface area contributed by atoms with Gasteiger partial charge in [0.1, 0.15) is 0 Å². The molecule has 0 saturated carbocycles. The highest BCUT2D eigenvalue weighted by molar-refractivity contribution is 6.43. The Labute approximate surface area is 184 Å². The van der Waals surface area contributed by atoms with Gasteiger partial charge in [-0.2, -0.15) is 5.10 Å². The standard InChI is InChI=1S/C22H22ClN5O3/c1-14-12-27-28(9-7-18-4-2-3-8-25-18)22(31)19(14)20(29)21(30)26-13-16-10-17(23)6-5-15(16)11-24/h2-6,8,10,12H,7,9,11,13,24H2,1H3,(H,26,30). The first-order chi connectivity index (χ1) is 14.9. The Bertz CT molecular complexity index is 1160. The molecule has 1 aromatic carbocycles. The average Bonchev–Trinajstić information content (AvgIpc) is 2.77. The number of hydrogen-bond donors (Lipinski definition) is 2. The minimum absolute atomic E-state index is 0.0651. The summed E-state index contributed by atoms with van der Waals surface area (Å²) in [5.41, 5.74) is 7.53. The van der Waals surface area contributed by atoms with Crippen LogP contribution in [0.3, 0.4) is 0 Å². The summed E-state index contributed by atoms with van der Waals surface area (Å²) in [5, 5.41) is 7.13. The van der Waals surface area contributed by atoms with E-state index in [1.165, 1.54) is 10.9 Å². The van der Waals surface area contributed by atoms with Gasteiger partial charge in [0.05, 0.1) is 18.3 Å². The third-order valence-corrected chi connectivity index (χ3v) is 5.04. The average molecular weight is 440 g/mol. The van der Waals surface area contributed by atoms with E-state index in [0.717, 1.165) is 11.3 Å². The molecule has 2 aromatic heterocycles. The number of nitrogens with one attached hydrogen (secondary N) is 1. The number of nitrogens with two attached hydrogens (primary N) is 1. The number of halogens is 1. The highest BCUT2D eigenvalue weighted by atomic mass is 35.5. The van der Waals surface area contributed by atoms with E-state index < -0.39 is 17.2 Å². The van der Waals surface area contributed by atoms with E-state index in [1.54, 1.807) is 37.4 Å². The lowest BCUT2D eigenvalue weighted by Crippen LogP contribution is -2.37. The third kappa shape index (κ3) is 5.42. The maximum atomic E-state index is 12.8. The Balaban J connectivity index is 1.75. The fourth-order valence-electron chi connectivity index (χ4n) is 3.10. The van der Waals surface area contributed by atoms with Crippen LogP contribution in [0.4, 0.5) is 0 Å². The number of rotatable bonds is 8. The monoisotopic (exact) mass is 439 g/mol. The number of aryl methyl sites for hydroxylation is 3. The number of carbonyl (C=O) groups excluding carboxylic acids is 2. The lowest BCUT2D eigenvalue weighted by atomic mass is 10.1. The molecule has 0 aliphatic rings. The van der Waals surface area contributed by atoms with Gasteiger partial charge in [-0.15, -0.1) is 0 Å². The van der Waals surface area contributed by atoms with Crippen LogP contribution in [0, 0.1) is 6.92 Å². The number of hydrogen-bond acceptors (Lipinski definition) is 6. The fourth-order valence-corrected chi connectivity index (χ4v) is 3.30. The van der Waals surface area contributed by atoms with Gasteiger partial charge < -0.3 is 11.1 Å². The first-order valence-corrected chi connectivity index (χ1v) is 10.0. The summed E-state index contributed by atoms with van der Waals surface area (Å²) in [5.74, 6) is -1.79. The predicted molar refractivity (Wildman–Crippen MR) is 117 cm³/mol. The molecule has 3 N–H and O–H groups in total. The number of ketones is 1. The molecular formula is C22H22ClN5O3. The summed E-state index contributed by atoms with van der Waals surface area (Å²) in [6, 6.07) is 10.6. The number of benzene rings is 1. The highest BCUT2D eigenvalue weighted by Crippen LogP contribution is 2.16. The Hall–Kier alpha value is -3.36. The van der Waals surface area contributed by atoms with Gasteiger partial charge >= 0.3 is 0 Å². The number of Topliss-reactive ketones (excluding diaryl/α,β-unsaturated/α-hetero) is 1. The van der Waals surface area contributed by atoms with E-state index in [0.29, 0.717) is 22.6 Å². The zero-order valence-corrected chi connectivity index (χ0v) is 17.7. The smallest absolute Gasteiger partial charge is 0.292 e. The Kier molecular flexibility index (Phi) is 7.28. The minimum Gasteiger partial charge on any atom is -0.345 e. The minimum atomic E-state index is -0.909. The van der Waals surface area contributed by atoms with E-state index in [9.17, 15) is 14.4 Å². The summed E-state index contributed by atoms with van der Waals surface area (Å²) in [7, 11) is 0. The Morgan fingerprint density at radius 2 is 2.00 bits per heavy atom. The van der Waals surface area contributed by atoms with Crippen LogP contribution in [0.15, 0.2) is 53.6 Å².